The van der Waals surface area contributed by atoms with E-state index in [4.69, 9.17) is 9.47 Å². The number of halogens is 1. The van der Waals surface area contributed by atoms with Gasteiger partial charge in [-0.3, -0.25) is 0 Å². The molecule has 0 aromatic carbocycles. The van der Waals surface area contributed by atoms with Crippen molar-refractivity contribution < 1.29 is 37.9 Å². The van der Waals surface area contributed by atoms with Crippen LogP contribution in [0.4, 0.5) is 0 Å². The van der Waals surface area contributed by atoms with Gasteiger partial charge in [0.05, 0.1) is 26.7 Å². The molecule has 1 saturated carbocycles. The average Bonchev–Trinajstić information content (AvgIpc) is 2.93. The van der Waals surface area contributed by atoms with Gasteiger partial charge in [0, 0.05) is 25.7 Å². The van der Waals surface area contributed by atoms with Crippen LogP contribution in [0.5, 0.6) is 0 Å². The van der Waals surface area contributed by atoms with Gasteiger partial charge >= 0.3 is 0 Å². The molecule has 1 aliphatic carbocycles. The summed E-state index contributed by atoms with van der Waals surface area (Å²) >= 11 is 0. The van der Waals surface area contributed by atoms with E-state index in [-0.39, 0.29) is 29.8 Å². The number of hydrogen-bond acceptors (Lipinski definition) is 2. The zero-order chi connectivity index (χ0) is 11.1. The van der Waals surface area contributed by atoms with Crippen molar-refractivity contribution in [3.05, 3.63) is 0 Å². The second-order valence-corrected chi connectivity index (χ2v) is 6.13. The molecular weight excluding hydrogens is 329 g/mol. The quantitative estimate of drug-likeness (QED) is 0.465. The van der Waals surface area contributed by atoms with Gasteiger partial charge in [-0.25, -0.2) is 0 Å². The second kappa shape index (κ2) is 5.31. The van der Waals surface area contributed by atoms with Crippen LogP contribution in [0.2, 0.25) is 0 Å². The molecule has 0 radical (unpaired) electrons. The van der Waals surface area contributed by atoms with Crippen molar-refractivity contribution in [2.75, 3.05) is 33.3 Å². The van der Waals surface area contributed by atoms with Gasteiger partial charge in [0.25, 0.3) is 0 Å². The van der Waals surface area contributed by atoms with E-state index in [0.717, 1.165) is 26.0 Å². The predicted molar refractivity (Wildman–Crippen MR) is 62.0 cm³/mol. The van der Waals surface area contributed by atoms with Gasteiger partial charge in [-0.1, -0.05) is 0 Å². The Bertz CT molecular complexity index is 260. The first-order valence-corrected chi connectivity index (χ1v) is 6.85. The fourth-order valence-electron chi connectivity index (χ4n) is 3.66. The smallest absolute Gasteiger partial charge is 0.169 e. The maximum Gasteiger partial charge on any atom is 0.169 e. The fraction of sp³-hybridized carbons (Fsp3) is 1.00. The lowest BCUT2D eigenvalue weighted by atomic mass is 10.2. The number of likely N-dealkylation sites (tertiary alicyclic amines) is 1. The summed E-state index contributed by atoms with van der Waals surface area (Å²) in [6.07, 6.45) is 7.91. The number of likely N-dealkylation sites (N-methyl/N-ethyl adjacent to an activating group) is 1. The topological polar surface area (TPSA) is 18.5 Å². The third-order valence-corrected chi connectivity index (χ3v) is 4.57. The van der Waals surface area contributed by atoms with Gasteiger partial charge in [-0.2, -0.15) is 0 Å². The van der Waals surface area contributed by atoms with Crippen LogP contribution in [0.15, 0.2) is 0 Å². The summed E-state index contributed by atoms with van der Waals surface area (Å²) in [6, 6.07) is 0. The van der Waals surface area contributed by atoms with Crippen molar-refractivity contribution in [1.29, 1.82) is 0 Å². The molecule has 1 unspecified atom stereocenters. The highest BCUT2D eigenvalue weighted by Gasteiger charge is 2.46. The summed E-state index contributed by atoms with van der Waals surface area (Å²) in [7, 11) is 2.37. The lowest BCUT2D eigenvalue weighted by Crippen LogP contribution is -3.00. The Balaban J connectivity index is 0.00000108. The van der Waals surface area contributed by atoms with Crippen LogP contribution in [-0.2, 0) is 9.47 Å². The van der Waals surface area contributed by atoms with Gasteiger partial charge in [0.15, 0.2) is 5.79 Å². The lowest BCUT2D eigenvalue weighted by Gasteiger charge is -2.31. The van der Waals surface area contributed by atoms with E-state index in [9.17, 15) is 0 Å². The molecule has 3 rings (SSSR count). The van der Waals surface area contributed by atoms with E-state index in [0.29, 0.717) is 6.10 Å². The Morgan fingerprint density at radius 3 is 2.41 bits per heavy atom. The maximum absolute atomic E-state index is 6.20. The molecule has 3 nitrogen and oxygen atoms in total. The Kier molecular flexibility index (Phi) is 4.38. The van der Waals surface area contributed by atoms with Crippen molar-refractivity contribution in [3.63, 3.8) is 0 Å². The van der Waals surface area contributed by atoms with E-state index in [1.54, 1.807) is 0 Å². The first-order valence-electron chi connectivity index (χ1n) is 6.85. The molecule has 0 aromatic heterocycles. The maximum atomic E-state index is 6.20. The van der Waals surface area contributed by atoms with Crippen molar-refractivity contribution in [1.82, 2.24) is 0 Å². The third kappa shape index (κ3) is 2.96. The van der Waals surface area contributed by atoms with Crippen molar-refractivity contribution in [3.8, 4) is 0 Å². The highest BCUT2D eigenvalue weighted by Crippen LogP contribution is 2.39. The molecule has 1 spiro atoms. The first-order chi connectivity index (χ1) is 7.70. The van der Waals surface area contributed by atoms with Gasteiger partial charge in [-0.05, 0) is 12.8 Å². The van der Waals surface area contributed by atoms with Crippen LogP contribution in [0.1, 0.15) is 38.5 Å². The fourth-order valence-corrected chi connectivity index (χ4v) is 3.66. The zero-order valence-corrected chi connectivity index (χ0v) is 12.9. The molecule has 0 aromatic rings. The number of ether oxygens (including phenoxy) is 2. The molecule has 0 bridgehead atoms. The molecule has 2 saturated heterocycles. The number of rotatable bonds is 2. The Morgan fingerprint density at radius 1 is 1.12 bits per heavy atom. The normalized spacial score (nSPS) is 34.1. The van der Waals surface area contributed by atoms with Gasteiger partial charge in [0.2, 0.25) is 0 Å². The highest BCUT2D eigenvalue weighted by atomic mass is 127. The van der Waals surface area contributed by atoms with E-state index in [2.05, 4.69) is 7.05 Å². The Morgan fingerprint density at radius 2 is 1.76 bits per heavy atom. The summed E-state index contributed by atoms with van der Waals surface area (Å²) in [5.74, 6) is -0.163. The van der Waals surface area contributed by atoms with Crippen LogP contribution in [0.3, 0.4) is 0 Å². The SMILES string of the molecule is C[N+]1(CC2COC3(CCCC3)O2)CCCC1.[I-]. The summed E-state index contributed by atoms with van der Waals surface area (Å²) in [5.41, 5.74) is 0. The molecular formula is C13H24INO2. The van der Waals surface area contributed by atoms with Gasteiger partial charge in [-0.15, -0.1) is 0 Å². The minimum absolute atomic E-state index is 0. The van der Waals surface area contributed by atoms with Crippen LogP contribution < -0.4 is 24.0 Å². The van der Waals surface area contributed by atoms with Crippen LogP contribution >= 0.6 is 0 Å². The van der Waals surface area contributed by atoms with Gasteiger partial charge in [0.1, 0.15) is 12.6 Å². The van der Waals surface area contributed by atoms with Crippen LogP contribution in [-0.4, -0.2) is 49.7 Å². The second-order valence-electron chi connectivity index (χ2n) is 6.13. The summed E-state index contributed by atoms with van der Waals surface area (Å²) in [6.45, 7) is 4.63. The van der Waals surface area contributed by atoms with Gasteiger partial charge < -0.3 is 37.9 Å². The number of hydrogen-bond donors (Lipinski definition) is 0. The molecule has 2 heterocycles. The van der Waals surface area contributed by atoms with E-state index in [1.807, 2.05) is 0 Å². The first kappa shape index (κ1) is 14.0. The standard InChI is InChI=1S/C13H24NO2.HI/c1-14(8-4-5-9-14)10-12-11-15-13(16-12)6-2-3-7-13;/h12H,2-11H2,1H3;1H/q+1;/p-1. The molecule has 0 amide bonds. The minimum Gasteiger partial charge on any atom is -1.00 e. The van der Waals surface area contributed by atoms with Crippen LogP contribution in [0, 0.1) is 0 Å². The van der Waals surface area contributed by atoms with Crippen molar-refractivity contribution in [2.24, 2.45) is 0 Å². The van der Waals surface area contributed by atoms with Crippen LogP contribution in [0.25, 0.3) is 0 Å². The Labute approximate surface area is 121 Å². The molecule has 17 heavy (non-hydrogen) atoms. The predicted octanol–water partition coefficient (Wildman–Crippen LogP) is -1.08. The van der Waals surface area contributed by atoms with E-state index < -0.39 is 0 Å². The Hall–Kier alpha value is 0.610. The molecule has 3 fully saturated rings. The third-order valence-electron chi connectivity index (χ3n) is 4.57. The number of quaternary nitrogens is 1. The molecule has 3 aliphatic rings. The van der Waals surface area contributed by atoms with Crippen molar-refractivity contribution >= 4 is 0 Å². The minimum atomic E-state index is -0.163. The average molecular weight is 353 g/mol. The summed E-state index contributed by atoms with van der Waals surface area (Å²) < 4.78 is 13.3. The zero-order valence-electron chi connectivity index (χ0n) is 10.8. The summed E-state index contributed by atoms with van der Waals surface area (Å²) in [4.78, 5) is 0. The molecule has 1 atom stereocenters. The van der Waals surface area contributed by atoms with E-state index >= 15 is 0 Å². The van der Waals surface area contributed by atoms with E-state index in [1.165, 1.54) is 43.3 Å². The molecule has 0 N–H and O–H groups in total. The monoisotopic (exact) mass is 353 g/mol. The van der Waals surface area contributed by atoms with Crippen molar-refractivity contribution in [2.45, 2.75) is 50.4 Å². The number of nitrogens with zero attached hydrogens (tertiary/aromatic N) is 1. The molecule has 100 valence electrons. The molecule has 2 aliphatic heterocycles. The summed E-state index contributed by atoms with van der Waals surface area (Å²) in [5, 5.41) is 0. The largest absolute Gasteiger partial charge is 1.00 e. The highest BCUT2D eigenvalue weighted by molar-refractivity contribution is 4.84. The lowest BCUT2D eigenvalue weighted by molar-refractivity contribution is -0.900. The molecule has 4 heteroatoms.